The Balaban J connectivity index is 1.72. The molecule has 0 fully saturated rings. The molecule has 1 aliphatic heterocycles. The van der Waals surface area contributed by atoms with Gasteiger partial charge in [0, 0.05) is 5.69 Å². The van der Waals surface area contributed by atoms with E-state index >= 15 is 0 Å². The fraction of sp³-hybridized carbons (Fsp3) is 0.294. The van der Waals surface area contributed by atoms with Crippen LogP contribution >= 0.6 is 0 Å². The molecular weight excluding hydrogens is 234 g/mol. The Hall–Kier alpha value is -1.80. The Morgan fingerprint density at radius 3 is 2.58 bits per heavy atom. The molecular formula is C17H17NO. The van der Waals surface area contributed by atoms with Crippen LogP contribution in [0.2, 0.25) is 0 Å². The van der Waals surface area contributed by atoms with Crippen LogP contribution in [-0.2, 0) is 18.4 Å². The largest absolute Gasteiger partial charge is 0.383 e. The Bertz CT molecular complexity index is 612. The van der Waals surface area contributed by atoms with Crippen molar-refractivity contribution < 1.29 is 5.11 Å². The van der Waals surface area contributed by atoms with Crippen molar-refractivity contribution in [2.24, 2.45) is 0 Å². The van der Waals surface area contributed by atoms with Crippen molar-refractivity contribution >= 4 is 5.69 Å². The molecule has 0 aromatic heterocycles. The molecule has 2 heteroatoms. The third-order valence-electron chi connectivity index (χ3n) is 4.61. The molecule has 2 unspecified atom stereocenters. The van der Waals surface area contributed by atoms with Gasteiger partial charge < -0.3 is 10.4 Å². The molecule has 0 saturated heterocycles. The Labute approximate surface area is 113 Å². The summed E-state index contributed by atoms with van der Waals surface area (Å²) in [7, 11) is 0. The molecule has 2 aromatic carbocycles. The third kappa shape index (κ3) is 1.53. The molecule has 2 aromatic rings. The molecule has 1 aliphatic carbocycles. The molecule has 0 amide bonds. The monoisotopic (exact) mass is 251 g/mol. The quantitative estimate of drug-likeness (QED) is 0.817. The van der Waals surface area contributed by atoms with Crippen LogP contribution in [0.25, 0.3) is 0 Å². The van der Waals surface area contributed by atoms with E-state index in [4.69, 9.17) is 0 Å². The van der Waals surface area contributed by atoms with Crippen molar-refractivity contribution in [3.8, 4) is 0 Å². The van der Waals surface area contributed by atoms with Crippen molar-refractivity contribution in [2.75, 3.05) is 5.32 Å². The van der Waals surface area contributed by atoms with Crippen LogP contribution in [0, 0.1) is 0 Å². The van der Waals surface area contributed by atoms with Gasteiger partial charge in [-0.2, -0.15) is 0 Å². The van der Waals surface area contributed by atoms with Gasteiger partial charge in [0.25, 0.3) is 0 Å². The van der Waals surface area contributed by atoms with E-state index < -0.39 is 5.60 Å². The number of aliphatic hydroxyl groups is 1. The molecule has 2 nitrogen and oxygen atoms in total. The average Bonchev–Trinajstić information content (AvgIpc) is 3.02. The second-order valence-corrected chi connectivity index (χ2v) is 5.64. The number of benzene rings is 2. The SMILES string of the molecule is OC1(C2Cc3ccccc3N2)CCc2ccccc21. The third-order valence-corrected chi connectivity index (χ3v) is 4.61. The summed E-state index contributed by atoms with van der Waals surface area (Å²) >= 11 is 0. The zero-order chi connectivity index (χ0) is 12.9. The summed E-state index contributed by atoms with van der Waals surface area (Å²) in [5, 5.41) is 14.7. The first-order valence-corrected chi connectivity index (χ1v) is 6.92. The van der Waals surface area contributed by atoms with E-state index in [2.05, 4.69) is 41.7 Å². The number of hydrogen-bond donors (Lipinski definition) is 2. The molecule has 1 heterocycles. The normalized spacial score (nSPS) is 27.7. The van der Waals surface area contributed by atoms with Gasteiger partial charge in [-0.25, -0.2) is 0 Å². The lowest BCUT2D eigenvalue weighted by atomic mass is 9.86. The lowest BCUT2D eigenvalue weighted by Crippen LogP contribution is -2.41. The highest BCUT2D eigenvalue weighted by molar-refractivity contribution is 5.58. The summed E-state index contributed by atoms with van der Waals surface area (Å²) in [6.45, 7) is 0. The molecule has 0 saturated carbocycles. The van der Waals surface area contributed by atoms with Crippen LogP contribution in [0.1, 0.15) is 23.1 Å². The number of rotatable bonds is 1. The maximum absolute atomic E-state index is 11.2. The minimum Gasteiger partial charge on any atom is -0.383 e. The number of nitrogens with one attached hydrogen (secondary N) is 1. The van der Waals surface area contributed by atoms with Gasteiger partial charge in [0.1, 0.15) is 5.60 Å². The van der Waals surface area contributed by atoms with Crippen LogP contribution in [0.3, 0.4) is 0 Å². The van der Waals surface area contributed by atoms with Gasteiger partial charge in [-0.1, -0.05) is 42.5 Å². The average molecular weight is 251 g/mol. The van der Waals surface area contributed by atoms with Crippen molar-refractivity contribution in [3.63, 3.8) is 0 Å². The van der Waals surface area contributed by atoms with Crippen LogP contribution in [-0.4, -0.2) is 11.1 Å². The highest BCUT2D eigenvalue weighted by Gasteiger charge is 2.45. The molecule has 2 N–H and O–H groups in total. The van der Waals surface area contributed by atoms with Crippen molar-refractivity contribution in [1.29, 1.82) is 0 Å². The molecule has 4 rings (SSSR count). The van der Waals surface area contributed by atoms with E-state index in [1.807, 2.05) is 12.1 Å². The topological polar surface area (TPSA) is 32.3 Å². The smallest absolute Gasteiger partial charge is 0.111 e. The van der Waals surface area contributed by atoms with E-state index in [0.29, 0.717) is 0 Å². The van der Waals surface area contributed by atoms with E-state index in [1.165, 1.54) is 16.8 Å². The van der Waals surface area contributed by atoms with Gasteiger partial charge in [0.2, 0.25) is 0 Å². The first-order valence-electron chi connectivity index (χ1n) is 6.92. The Morgan fingerprint density at radius 1 is 1.00 bits per heavy atom. The van der Waals surface area contributed by atoms with Gasteiger partial charge in [-0.05, 0) is 42.0 Å². The predicted molar refractivity (Wildman–Crippen MR) is 76.2 cm³/mol. The summed E-state index contributed by atoms with van der Waals surface area (Å²) in [4.78, 5) is 0. The first kappa shape index (κ1) is 11.1. The van der Waals surface area contributed by atoms with Gasteiger partial charge in [-0.3, -0.25) is 0 Å². The van der Waals surface area contributed by atoms with E-state index in [1.54, 1.807) is 0 Å². The molecule has 2 aliphatic rings. The van der Waals surface area contributed by atoms with Gasteiger partial charge in [0.05, 0.1) is 6.04 Å². The molecule has 19 heavy (non-hydrogen) atoms. The maximum Gasteiger partial charge on any atom is 0.111 e. The number of anilines is 1. The first-order chi connectivity index (χ1) is 9.27. The van der Waals surface area contributed by atoms with Crippen molar-refractivity contribution in [2.45, 2.75) is 30.9 Å². The lowest BCUT2D eigenvalue weighted by molar-refractivity contribution is 0.0202. The zero-order valence-corrected chi connectivity index (χ0v) is 10.8. The van der Waals surface area contributed by atoms with Crippen molar-refractivity contribution in [3.05, 3.63) is 65.2 Å². The van der Waals surface area contributed by atoms with Crippen LogP contribution in [0.15, 0.2) is 48.5 Å². The summed E-state index contributed by atoms with van der Waals surface area (Å²) < 4.78 is 0. The molecule has 96 valence electrons. The number of aryl methyl sites for hydroxylation is 1. The predicted octanol–water partition coefficient (Wildman–Crippen LogP) is 2.86. The highest BCUT2D eigenvalue weighted by Crippen LogP contribution is 2.43. The second-order valence-electron chi connectivity index (χ2n) is 5.64. The fourth-order valence-corrected chi connectivity index (χ4v) is 3.57. The van der Waals surface area contributed by atoms with Crippen molar-refractivity contribution in [1.82, 2.24) is 0 Å². The van der Waals surface area contributed by atoms with E-state index in [0.717, 1.165) is 24.8 Å². The molecule has 0 spiro atoms. The summed E-state index contributed by atoms with van der Waals surface area (Å²) in [5.74, 6) is 0. The van der Waals surface area contributed by atoms with Crippen LogP contribution in [0.5, 0.6) is 0 Å². The highest BCUT2D eigenvalue weighted by atomic mass is 16.3. The van der Waals surface area contributed by atoms with Crippen LogP contribution in [0.4, 0.5) is 5.69 Å². The fourth-order valence-electron chi connectivity index (χ4n) is 3.57. The summed E-state index contributed by atoms with van der Waals surface area (Å²) in [6.07, 6.45) is 2.69. The minimum absolute atomic E-state index is 0.0912. The Kier molecular flexibility index (Phi) is 2.24. The molecule has 0 bridgehead atoms. The zero-order valence-electron chi connectivity index (χ0n) is 10.8. The number of para-hydroxylation sites is 1. The Morgan fingerprint density at radius 2 is 1.74 bits per heavy atom. The van der Waals surface area contributed by atoms with E-state index in [9.17, 15) is 5.11 Å². The van der Waals surface area contributed by atoms with Gasteiger partial charge in [0.15, 0.2) is 0 Å². The van der Waals surface area contributed by atoms with E-state index in [-0.39, 0.29) is 6.04 Å². The standard InChI is InChI=1S/C17H17NO/c19-17(10-9-12-5-1-3-7-14(12)17)16-11-13-6-2-4-8-15(13)18-16/h1-8,16,18-19H,9-11H2. The lowest BCUT2D eigenvalue weighted by Gasteiger charge is -2.31. The molecule has 0 radical (unpaired) electrons. The molecule has 2 atom stereocenters. The number of fused-ring (bicyclic) bond motifs is 2. The second kappa shape index (κ2) is 3.84. The van der Waals surface area contributed by atoms with Crippen LogP contribution < -0.4 is 5.32 Å². The summed E-state index contributed by atoms with van der Waals surface area (Å²) in [5.41, 5.74) is 4.16. The summed E-state index contributed by atoms with van der Waals surface area (Å²) in [6, 6.07) is 16.7. The minimum atomic E-state index is -0.727. The van der Waals surface area contributed by atoms with Gasteiger partial charge >= 0.3 is 0 Å². The maximum atomic E-state index is 11.2. The number of hydrogen-bond acceptors (Lipinski definition) is 2. The van der Waals surface area contributed by atoms with Gasteiger partial charge in [-0.15, -0.1) is 0 Å².